The molecule has 0 saturated carbocycles. The number of hydrogen-bond donors (Lipinski definition) is 2. The van der Waals surface area contributed by atoms with Crippen LogP contribution in [-0.2, 0) is 10.3 Å². The molecule has 1 unspecified atom stereocenters. The fraction of sp³-hybridized carbons (Fsp3) is 0.619. The van der Waals surface area contributed by atoms with Crippen molar-refractivity contribution in [1.82, 2.24) is 20.0 Å². The Bertz CT molecular complexity index is 933. The maximum absolute atomic E-state index is 12.5. The van der Waals surface area contributed by atoms with Crippen molar-refractivity contribution < 1.29 is 14.6 Å². The molecule has 3 aliphatic rings. The standard InChI is InChI=1S/C21H27ClN4O3/c1-21(19(27)17-10-15(22)9-13-11-24-26(21)18(13)17)14-4-6-25(7-5-14)20(28)23-12-16-3-2-8-29-16/h9-11,14,16,19,27H,2-8,12H2,1H3,(H,23,28)/t16-,19-,21?/m1/s1. The monoisotopic (exact) mass is 418 g/mol. The number of benzene rings is 1. The number of piperidine rings is 1. The molecule has 0 radical (unpaired) electrons. The average Bonchev–Trinajstić information content (AvgIpc) is 3.44. The van der Waals surface area contributed by atoms with Gasteiger partial charge >= 0.3 is 6.03 Å². The van der Waals surface area contributed by atoms with Gasteiger partial charge in [-0.15, -0.1) is 0 Å². The van der Waals surface area contributed by atoms with Gasteiger partial charge in [0.2, 0.25) is 0 Å². The predicted octanol–water partition coefficient (Wildman–Crippen LogP) is 3.05. The van der Waals surface area contributed by atoms with E-state index in [1.807, 2.05) is 27.9 Å². The second-order valence-electron chi connectivity index (χ2n) is 8.70. The summed E-state index contributed by atoms with van der Waals surface area (Å²) < 4.78 is 7.56. The lowest BCUT2D eigenvalue weighted by Gasteiger charge is -2.42. The van der Waals surface area contributed by atoms with Crippen molar-refractivity contribution >= 4 is 28.5 Å². The van der Waals surface area contributed by atoms with E-state index in [0.29, 0.717) is 24.7 Å². The molecule has 4 heterocycles. The molecule has 0 spiro atoms. The lowest BCUT2D eigenvalue weighted by molar-refractivity contribution is -0.0117. The first-order valence-corrected chi connectivity index (χ1v) is 10.9. The Morgan fingerprint density at radius 2 is 2.17 bits per heavy atom. The van der Waals surface area contributed by atoms with Crippen LogP contribution in [0.1, 0.15) is 44.3 Å². The molecule has 0 aliphatic carbocycles. The van der Waals surface area contributed by atoms with Crippen molar-refractivity contribution in [3.05, 3.63) is 28.9 Å². The summed E-state index contributed by atoms with van der Waals surface area (Å²) in [6, 6.07) is 3.72. The molecule has 7 nitrogen and oxygen atoms in total. The van der Waals surface area contributed by atoms with Gasteiger partial charge in [0.1, 0.15) is 6.10 Å². The molecule has 1 aromatic carbocycles. The van der Waals surface area contributed by atoms with Crippen molar-refractivity contribution in [2.75, 3.05) is 26.2 Å². The minimum Gasteiger partial charge on any atom is -0.386 e. The zero-order chi connectivity index (χ0) is 20.2. The van der Waals surface area contributed by atoms with Crippen molar-refractivity contribution in [1.29, 1.82) is 0 Å². The van der Waals surface area contributed by atoms with Crippen LogP contribution in [0.4, 0.5) is 4.79 Å². The third-order valence-electron chi connectivity index (χ3n) is 7.08. The van der Waals surface area contributed by atoms with Gasteiger partial charge in [0, 0.05) is 42.2 Å². The highest BCUT2D eigenvalue weighted by molar-refractivity contribution is 6.31. The van der Waals surface area contributed by atoms with Crippen molar-refractivity contribution in [3.63, 3.8) is 0 Å². The van der Waals surface area contributed by atoms with Crippen LogP contribution in [0.5, 0.6) is 0 Å². The van der Waals surface area contributed by atoms with Crippen molar-refractivity contribution in [2.24, 2.45) is 5.92 Å². The lowest BCUT2D eigenvalue weighted by atomic mass is 9.75. The largest absolute Gasteiger partial charge is 0.386 e. The molecular weight excluding hydrogens is 392 g/mol. The van der Waals surface area contributed by atoms with Crippen LogP contribution in [0, 0.1) is 5.92 Å². The van der Waals surface area contributed by atoms with Crippen molar-refractivity contribution in [3.8, 4) is 0 Å². The molecule has 2 fully saturated rings. The number of hydrogen-bond acceptors (Lipinski definition) is 4. The van der Waals surface area contributed by atoms with Crippen LogP contribution < -0.4 is 5.32 Å². The Morgan fingerprint density at radius 1 is 1.38 bits per heavy atom. The molecular formula is C21H27ClN4O3. The molecule has 0 bridgehead atoms. The van der Waals surface area contributed by atoms with E-state index in [9.17, 15) is 9.90 Å². The Morgan fingerprint density at radius 3 is 2.90 bits per heavy atom. The number of aromatic nitrogens is 2. The fourth-order valence-corrected chi connectivity index (χ4v) is 5.58. The van der Waals surface area contributed by atoms with Gasteiger partial charge in [-0.05, 0) is 50.7 Å². The Hall–Kier alpha value is -1.83. The zero-order valence-electron chi connectivity index (χ0n) is 16.6. The second-order valence-corrected chi connectivity index (χ2v) is 9.14. The predicted molar refractivity (Wildman–Crippen MR) is 110 cm³/mol. The summed E-state index contributed by atoms with van der Waals surface area (Å²) in [5.74, 6) is 0.217. The molecule has 8 heteroatoms. The Labute approximate surface area is 174 Å². The molecule has 156 valence electrons. The van der Waals surface area contributed by atoms with Crippen LogP contribution in [0.2, 0.25) is 5.02 Å². The maximum atomic E-state index is 12.5. The summed E-state index contributed by atoms with van der Waals surface area (Å²) in [5, 5.41) is 20.4. The van der Waals surface area contributed by atoms with Crippen LogP contribution >= 0.6 is 11.6 Å². The molecule has 2 amide bonds. The van der Waals surface area contributed by atoms with Crippen molar-refractivity contribution in [2.45, 2.75) is 50.4 Å². The summed E-state index contributed by atoms with van der Waals surface area (Å²) >= 11 is 6.25. The van der Waals surface area contributed by atoms with E-state index in [4.69, 9.17) is 16.3 Å². The van der Waals surface area contributed by atoms with E-state index in [1.165, 1.54) is 0 Å². The molecule has 3 aliphatic heterocycles. The molecule has 1 aromatic heterocycles. The second kappa shape index (κ2) is 7.15. The summed E-state index contributed by atoms with van der Waals surface area (Å²) in [4.78, 5) is 14.4. The number of likely N-dealkylation sites (tertiary alicyclic amines) is 1. The third-order valence-corrected chi connectivity index (χ3v) is 7.29. The number of carbonyl (C=O) groups excluding carboxylic acids is 1. The molecule has 2 saturated heterocycles. The minimum absolute atomic E-state index is 0.0207. The van der Waals surface area contributed by atoms with Gasteiger partial charge in [-0.2, -0.15) is 5.10 Å². The van der Waals surface area contributed by atoms with Gasteiger partial charge in [-0.25, -0.2) is 4.79 Å². The highest BCUT2D eigenvalue weighted by Gasteiger charge is 2.50. The number of aliphatic hydroxyl groups excluding tert-OH is 1. The summed E-state index contributed by atoms with van der Waals surface area (Å²) in [7, 11) is 0. The minimum atomic E-state index is -0.655. The smallest absolute Gasteiger partial charge is 0.317 e. The third kappa shape index (κ3) is 3.02. The lowest BCUT2D eigenvalue weighted by Crippen LogP contribution is -2.51. The number of nitrogens with one attached hydrogen (secondary N) is 1. The summed E-state index contributed by atoms with van der Waals surface area (Å²) in [6.45, 7) is 4.80. The number of carbonyl (C=O) groups is 1. The van der Waals surface area contributed by atoms with Crippen LogP contribution in [0.15, 0.2) is 18.3 Å². The SMILES string of the molecule is CC1(C2CCN(C(=O)NC[C@H]3CCCO3)CC2)[C@H](O)c2cc(Cl)cc3cnn1c23. The molecule has 2 N–H and O–H groups in total. The number of halogens is 1. The van der Waals surface area contributed by atoms with Gasteiger partial charge in [0.05, 0.1) is 23.4 Å². The molecule has 2 aromatic rings. The first kappa shape index (κ1) is 19.2. The molecule has 29 heavy (non-hydrogen) atoms. The number of nitrogens with zero attached hydrogens (tertiary/aromatic N) is 3. The van der Waals surface area contributed by atoms with E-state index in [0.717, 1.165) is 48.8 Å². The van der Waals surface area contributed by atoms with E-state index in [1.54, 1.807) is 0 Å². The quantitative estimate of drug-likeness (QED) is 0.802. The summed E-state index contributed by atoms with van der Waals surface area (Å²) in [6.07, 6.45) is 5.05. The van der Waals surface area contributed by atoms with Crippen LogP contribution in [-0.4, -0.2) is 58.2 Å². The first-order chi connectivity index (χ1) is 14.0. The Kier molecular flexibility index (Phi) is 4.72. The van der Waals surface area contributed by atoms with Crippen LogP contribution in [0.3, 0.4) is 0 Å². The van der Waals surface area contributed by atoms with Gasteiger partial charge < -0.3 is 20.1 Å². The molecule has 3 atom stereocenters. The number of urea groups is 1. The first-order valence-electron chi connectivity index (χ1n) is 10.5. The zero-order valence-corrected chi connectivity index (χ0v) is 17.4. The normalized spacial score (nSPS) is 29.7. The average molecular weight is 419 g/mol. The van der Waals surface area contributed by atoms with E-state index in [2.05, 4.69) is 17.3 Å². The topological polar surface area (TPSA) is 79.6 Å². The fourth-order valence-electron chi connectivity index (χ4n) is 5.35. The maximum Gasteiger partial charge on any atom is 0.317 e. The Balaban J connectivity index is 1.27. The van der Waals surface area contributed by atoms with E-state index < -0.39 is 11.6 Å². The summed E-state index contributed by atoms with van der Waals surface area (Å²) in [5.41, 5.74) is 1.29. The van der Waals surface area contributed by atoms with E-state index in [-0.39, 0.29) is 18.1 Å². The number of aliphatic hydroxyl groups is 1. The highest BCUT2D eigenvalue weighted by atomic mass is 35.5. The number of ether oxygens (including phenoxy) is 1. The number of amides is 2. The van der Waals surface area contributed by atoms with Gasteiger partial charge in [0.25, 0.3) is 0 Å². The number of rotatable bonds is 3. The van der Waals surface area contributed by atoms with Crippen LogP contribution in [0.25, 0.3) is 10.9 Å². The van der Waals surface area contributed by atoms with Gasteiger partial charge in [-0.3, -0.25) is 4.68 Å². The highest BCUT2D eigenvalue weighted by Crippen LogP contribution is 2.51. The van der Waals surface area contributed by atoms with Gasteiger partial charge in [-0.1, -0.05) is 11.6 Å². The molecule has 5 rings (SSSR count). The van der Waals surface area contributed by atoms with E-state index >= 15 is 0 Å². The van der Waals surface area contributed by atoms with Gasteiger partial charge in [0.15, 0.2) is 0 Å².